The fourth-order valence-corrected chi connectivity index (χ4v) is 2.09. The van der Waals surface area contributed by atoms with Crippen LogP contribution < -0.4 is 5.32 Å². The molecule has 104 valence electrons. The van der Waals surface area contributed by atoms with Gasteiger partial charge in [0.25, 0.3) is 0 Å². The van der Waals surface area contributed by atoms with Gasteiger partial charge in [0, 0.05) is 31.4 Å². The van der Waals surface area contributed by atoms with Gasteiger partial charge in [-0.1, -0.05) is 13.8 Å². The monoisotopic (exact) mass is 261 g/mol. The predicted molar refractivity (Wildman–Crippen MR) is 76.9 cm³/mol. The highest BCUT2D eigenvalue weighted by molar-refractivity contribution is 5.56. The first kappa shape index (κ1) is 13.8. The summed E-state index contributed by atoms with van der Waals surface area (Å²) in [6.07, 6.45) is 10.1. The molecule has 2 rings (SSSR count). The summed E-state index contributed by atoms with van der Waals surface area (Å²) in [4.78, 5) is 4.25. The molecule has 0 saturated carbocycles. The van der Waals surface area contributed by atoms with Crippen LogP contribution in [0.25, 0.3) is 11.3 Å². The summed E-state index contributed by atoms with van der Waals surface area (Å²) in [7, 11) is 0. The molecule has 5 nitrogen and oxygen atoms in total. The van der Waals surface area contributed by atoms with Gasteiger partial charge in [-0.25, -0.2) is 4.98 Å². The van der Waals surface area contributed by atoms with Crippen molar-refractivity contribution in [3.63, 3.8) is 0 Å². The molecule has 0 spiro atoms. The van der Waals surface area contributed by atoms with E-state index in [9.17, 15) is 0 Å². The van der Waals surface area contributed by atoms with E-state index in [2.05, 4.69) is 40.0 Å². The van der Waals surface area contributed by atoms with Crippen LogP contribution in [0.5, 0.6) is 0 Å². The highest BCUT2D eigenvalue weighted by Gasteiger charge is 2.07. The zero-order valence-corrected chi connectivity index (χ0v) is 11.8. The number of nitrogens with zero attached hydrogens (tertiary/aromatic N) is 4. The number of nitrogens with one attached hydrogen (secondary N) is 1. The zero-order valence-electron chi connectivity index (χ0n) is 11.8. The Morgan fingerprint density at radius 2 is 2.00 bits per heavy atom. The second-order valence-electron chi connectivity index (χ2n) is 4.71. The first-order valence-corrected chi connectivity index (χ1v) is 7.08. The van der Waals surface area contributed by atoms with Crippen molar-refractivity contribution in [3.05, 3.63) is 24.9 Å². The van der Waals surface area contributed by atoms with Gasteiger partial charge in [0.15, 0.2) is 0 Å². The minimum atomic E-state index is 0.939. The van der Waals surface area contributed by atoms with Crippen LogP contribution in [0, 0.1) is 0 Å². The molecule has 19 heavy (non-hydrogen) atoms. The lowest BCUT2D eigenvalue weighted by atomic mass is 10.3. The molecule has 2 aromatic heterocycles. The molecular weight excluding hydrogens is 238 g/mol. The first-order chi connectivity index (χ1) is 9.35. The summed E-state index contributed by atoms with van der Waals surface area (Å²) < 4.78 is 4.16. The molecule has 5 heteroatoms. The van der Waals surface area contributed by atoms with Crippen LogP contribution in [0.4, 0.5) is 0 Å². The van der Waals surface area contributed by atoms with Crippen molar-refractivity contribution >= 4 is 0 Å². The molecular formula is C14H23N5. The Balaban J connectivity index is 2.01. The van der Waals surface area contributed by atoms with E-state index in [0.29, 0.717) is 0 Å². The summed E-state index contributed by atoms with van der Waals surface area (Å²) in [5, 5.41) is 7.78. The Morgan fingerprint density at radius 3 is 2.79 bits per heavy atom. The van der Waals surface area contributed by atoms with Crippen molar-refractivity contribution in [1.29, 1.82) is 0 Å². The van der Waals surface area contributed by atoms with Crippen molar-refractivity contribution in [2.24, 2.45) is 0 Å². The molecule has 0 aromatic carbocycles. The Labute approximate surface area is 114 Å². The van der Waals surface area contributed by atoms with Crippen LogP contribution in [0.2, 0.25) is 0 Å². The SMILES string of the molecule is CCCNCCn1cncc1-c1cnn(CCC)c1. The third-order valence-corrected chi connectivity index (χ3v) is 3.05. The number of aryl methyl sites for hydroxylation is 1. The fraction of sp³-hybridized carbons (Fsp3) is 0.571. The van der Waals surface area contributed by atoms with E-state index in [1.165, 1.54) is 6.42 Å². The molecule has 1 N–H and O–H groups in total. The first-order valence-electron chi connectivity index (χ1n) is 7.08. The van der Waals surface area contributed by atoms with Crippen LogP contribution in [-0.4, -0.2) is 32.4 Å². The molecule has 0 bridgehead atoms. The van der Waals surface area contributed by atoms with Gasteiger partial charge in [0.05, 0.1) is 24.4 Å². The topological polar surface area (TPSA) is 47.7 Å². The van der Waals surface area contributed by atoms with E-state index < -0.39 is 0 Å². The maximum absolute atomic E-state index is 4.37. The lowest BCUT2D eigenvalue weighted by Crippen LogP contribution is -2.20. The smallest absolute Gasteiger partial charge is 0.0951 e. The number of rotatable bonds is 8. The van der Waals surface area contributed by atoms with Gasteiger partial charge in [-0.3, -0.25) is 4.68 Å². The van der Waals surface area contributed by atoms with Crippen LogP contribution >= 0.6 is 0 Å². The molecule has 0 unspecified atom stereocenters. The third-order valence-electron chi connectivity index (χ3n) is 3.05. The molecule has 2 aromatic rings. The van der Waals surface area contributed by atoms with Gasteiger partial charge in [-0.15, -0.1) is 0 Å². The molecule has 0 atom stereocenters. The Kier molecular flexibility index (Phi) is 5.15. The minimum Gasteiger partial charge on any atom is -0.329 e. The van der Waals surface area contributed by atoms with Gasteiger partial charge in [0.2, 0.25) is 0 Å². The lowest BCUT2D eigenvalue weighted by molar-refractivity contribution is 0.595. The predicted octanol–water partition coefficient (Wildman–Crippen LogP) is 2.16. The summed E-state index contributed by atoms with van der Waals surface area (Å²) >= 11 is 0. The van der Waals surface area contributed by atoms with Gasteiger partial charge in [-0.2, -0.15) is 5.10 Å². The molecule has 2 heterocycles. The maximum atomic E-state index is 4.37. The third kappa shape index (κ3) is 3.67. The van der Waals surface area contributed by atoms with Crippen molar-refractivity contribution in [1.82, 2.24) is 24.6 Å². The molecule has 0 aliphatic heterocycles. The van der Waals surface area contributed by atoms with E-state index in [1.807, 2.05) is 23.4 Å². The van der Waals surface area contributed by atoms with Crippen LogP contribution in [0.15, 0.2) is 24.9 Å². The number of imidazole rings is 1. The standard InChI is InChI=1S/C14H23N5/c1-3-5-15-6-8-18-12-16-10-14(18)13-9-17-19(11-13)7-4-2/h9-12,15H,3-8H2,1-2H3. The van der Waals surface area contributed by atoms with Crippen molar-refractivity contribution in [3.8, 4) is 11.3 Å². The van der Waals surface area contributed by atoms with Crippen molar-refractivity contribution < 1.29 is 0 Å². The summed E-state index contributed by atoms with van der Waals surface area (Å²) in [5.41, 5.74) is 2.28. The van der Waals surface area contributed by atoms with E-state index >= 15 is 0 Å². The van der Waals surface area contributed by atoms with Crippen molar-refractivity contribution in [2.45, 2.75) is 39.8 Å². The van der Waals surface area contributed by atoms with Crippen LogP contribution in [0.3, 0.4) is 0 Å². The molecule has 0 amide bonds. The van der Waals surface area contributed by atoms with Gasteiger partial charge in [0.1, 0.15) is 0 Å². The highest BCUT2D eigenvalue weighted by Crippen LogP contribution is 2.17. The number of aromatic nitrogens is 4. The molecule has 0 fully saturated rings. The van der Waals surface area contributed by atoms with Crippen LogP contribution in [0.1, 0.15) is 26.7 Å². The normalized spacial score (nSPS) is 11.1. The maximum Gasteiger partial charge on any atom is 0.0951 e. The van der Waals surface area contributed by atoms with E-state index in [-0.39, 0.29) is 0 Å². The molecule has 0 radical (unpaired) electrons. The Hall–Kier alpha value is -1.62. The van der Waals surface area contributed by atoms with E-state index in [0.717, 1.165) is 43.9 Å². The van der Waals surface area contributed by atoms with Gasteiger partial charge < -0.3 is 9.88 Å². The highest BCUT2D eigenvalue weighted by atomic mass is 15.3. The van der Waals surface area contributed by atoms with Gasteiger partial charge in [-0.05, 0) is 19.4 Å². The number of hydrogen-bond donors (Lipinski definition) is 1. The summed E-state index contributed by atoms with van der Waals surface area (Å²) in [5.74, 6) is 0. The van der Waals surface area contributed by atoms with E-state index in [1.54, 1.807) is 0 Å². The van der Waals surface area contributed by atoms with Crippen LogP contribution in [-0.2, 0) is 13.1 Å². The van der Waals surface area contributed by atoms with Gasteiger partial charge >= 0.3 is 0 Å². The fourth-order valence-electron chi connectivity index (χ4n) is 2.09. The van der Waals surface area contributed by atoms with Crippen molar-refractivity contribution in [2.75, 3.05) is 13.1 Å². The second kappa shape index (κ2) is 7.09. The summed E-state index contributed by atoms with van der Waals surface area (Å²) in [6, 6.07) is 0. The molecule has 0 saturated heterocycles. The second-order valence-corrected chi connectivity index (χ2v) is 4.71. The molecule has 0 aliphatic rings. The summed E-state index contributed by atoms with van der Waals surface area (Å²) in [6.45, 7) is 8.28. The Bertz CT molecular complexity index is 485. The number of hydrogen-bond acceptors (Lipinski definition) is 3. The zero-order chi connectivity index (χ0) is 13.5. The van der Waals surface area contributed by atoms with E-state index in [4.69, 9.17) is 0 Å². The lowest BCUT2D eigenvalue weighted by Gasteiger charge is -2.07. The average molecular weight is 261 g/mol. The largest absolute Gasteiger partial charge is 0.329 e. The molecule has 0 aliphatic carbocycles. The minimum absolute atomic E-state index is 0.939. The quantitative estimate of drug-likeness (QED) is 0.741. The average Bonchev–Trinajstić information content (AvgIpc) is 3.03. The Morgan fingerprint density at radius 1 is 1.11 bits per heavy atom.